The van der Waals surface area contributed by atoms with Crippen LogP contribution in [0.15, 0.2) is 36.4 Å². The Morgan fingerprint density at radius 1 is 0.771 bits per heavy atom. The third kappa shape index (κ3) is 17.8. The van der Waals surface area contributed by atoms with Crippen LogP contribution in [-0.2, 0) is 16.0 Å². The monoisotopic (exact) mass is 525 g/mol. The highest BCUT2D eigenvalue weighted by Crippen LogP contribution is 2.16. The van der Waals surface area contributed by atoms with Gasteiger partial charge in [-0.2, -0.15) is 0 Å². The SMILES string of the molecule is CCCCCCCC/C=C\CCCCCCCCOC(=O)Cc1ccc(N(CCCl)CCCl)cc1. The van der Waals surface area contributed by atoms with Gasteiger partial charge >= 0.3 is 5.97 Å². The van der Waals surface area contributed by atoms with E-state index in [2.05, 4.69) is 24.0 Å². The molecule has 5 heteroatoms. The summed E-state index contributed by atoms with van der Waals surface area (Å²) < 4.78 is 5.43. The molecule has 0 spiro atoms. The number of hydrogen-bond donors (Lipinski definition) is 0. The van der Waals surface area contributed by atoms with Crippen LogP contribution < -0.4 is 4.90 Å². The van der Waals surface area contributed by atoms with Gasteiger partial charge in [0.25, 0.3) is 0 Å². The molecule has 0 saturated carbocycles. The second-order valence-corrected chi connectivity index (χ2v) is 10.1. The number of nitrogens with zero attached hydrogens (tertiary/aromatic N) is 1. The molecule has 0 saturated heterocycles. The number of anilines is 1. The Morgan fingerprint density at radius 3 is 1.83 bits per heavy atom. The largest absolute Gasteiger partial charge is 0.465 e. The molecule has 0 aliphatic heterocycles. The molecule has 0 N–H and O–H groups in total. The van der Waals surface area contributed by atoms with Crippen molar-refractivity contribution >= 4 is 34.9 Å². The molecule has 0 aromatic heterocycles. The number of halogens is 2. The summed E-state index contributed by atoms with van der Waals surface area (Å²) in [4.78, 5) is 14.3. The maximum Gasteiger partial charge on any atom is 0.310 e. The molecular formula is C30H49Cl2NO2. The third-order valence-electron chi connectivity index (χ3n) is 6.28. The van der Waals surface area contributed by atoms with Gasteiger partial charge in [0.2, 0.25) is 0 Å². The van der Waals surface area contributed by atoms with Gasteiger partial charge in [-0.25, -0.2) is 0 Å². The molecular weight excluding hydrogens is 477 g/mol. The molecule has 0 radical (unpaired) electrons. The molecule has 0 amide bonds. The first-order valence-corrected chi connectivity index (χ1v) is 15.0. The lowest BCUT2D eigenvalue weighted by molar-refractivity contribution is -0.142. The van der Waals surface area contributed by atoms with Crippen molar-refractivity contribution in [3.8, 4) is 0 Å². The van der Waals surface area contributed by atoms with Crippen LogP contribution in [0.25, 0.3) is 0 Å². The molecule has 1 aromatic rings. The number of rotatable bonds is 23. The average molecular weight is 527 g/mol. The van der Waals surface area contributed by atoms with Crippen LogP contribution in [0.1, 0.15) is 102 Å². The van der Waals surface area contributed by atoms with Gasteiger partial charge in [-0.15, -0.1) is 23.2 Å². The lowest BCUT2D eigenvalue weighted by atomic mass is 10.1. The Kier molecular flexibility index (Phi) is 21.1. The van der Waals surface area contributed by atoms with Crippen LogP contribution >= 0.6 is 23.2 Å². The molecule has 0 heterocycles. The quantitative estimate of drug-likeness (QED) is 0.0616. The summed E-state index contributed by atoms with van der Waals surface area (Å²) >= 11 is 11.8. The van der Waals surface area contributed by atoms with Gasteiger partial charge in [0.1, 0.15) is 0 Å². The van der Waals surface area contributed by atoms with E-state index in [0.717, 1.165) is 37.2 Å². The summed E-state index contributed by atoms with van der Waals surface area (Å²) in [5.41, 5.74) is 2.05. The van der Waals surface area contributed by atoms with Gasteiger partial charge in [-0.05, 0) is 49.8 Å². The third-order valence-corrected chi connectivity index (χ3v) is 6.62. The Labute approximate surface area is 225 Å². The maximum atomic E-state index is 12.1. The standard InChI is InChI=1S/C30H49Cl2NO2/c1-2-3-4-5-6-7-8-9-10-11-12-13-14-15-16-17-26-35-30(34)27-28-18-20-29(21-19-28)33(24-22-31)25-23-32/h9-10,18-21H,2-8,11-17,22-27H2,1H3/b10-9-. The van der Waals surface area contributed by atoms with E-state index in [1.807, 2.05) is 24.3 Å². The molecule has 0 aliphatic rings. The summed E-state index contributed by atoms with van der Waals surface area (Å²) in [6.45, 7) is 4.31. The number of carbonyl (C=O) groups is 1. The molecule has 3 nitrogen and oxygen atoms in total. The number of esters is 1. The van der Waals surface area contributed by atoms with Crippen molar-refractivity contribution in [2.75, 3.05) is 36.4 Å². The molecule has 0 bridgehead atoms. The highest BCUT2D eigenvalue weighted by molar-refractivity contribution is 6.18. The lowest BCUT2D eigenvalue weighted by Gasteiger charge is -2.23. The number of benzene rings is 1. The molecule has 1 rings (SSSR count). The molecule has 1 aromatic carbocycles. The van der Waals surface area contributed by atoms with Crippen LogP contribution in [0.3, 0.4) is 0 Å². The number of ether oxygens (including phenoxy) is 1. The van der Waals surface area contributed by atoms with Crippen molar-refractivity contribution < 1.29 is 9.53 Å². The van der Waals surface area contributed by atoms with Crippen molar-refractivity contribution in [1.29, 1.82) is 0 Å². The van der Waals surface area contributed by atoms with Gasteiger partial charge in [-0.3, -0.25) is 4.79 Å². The van der Waals surface area contributed by atoms with Crippen molar-refractivity contribution in [3.63, 3.8) is 0 Å². The normalized spacial score (nSPS) is 11.3. The van der Waals surface area contributed by atoms with Crippen molar-refractivity contribution in [2.45, 2.75) is 103 Å². The van der Waals surface area contributed by atoms with Crippen molar-refractivity contribution in [3.05, 3.63) is 42.0 Å². The van der Waals surface area contributed by atoms with Crippen LogP contribution in [-0.4, -0.2) is 37.4 Å². The summed E-state index contributed by atoms with van der Waals surface area (Å²) in [5.74, 6) is 0.965. The van der Waals surface area contributed by atoms with Crippen LogP contribution in [0, 0.1) is 0 Å². The Hall–Kier alpha value is -1.19. The first-order chi connectivity index (χ1) is 17.2. The fourth-order valence-corrected chi connectivity index (χ4v) is 4.56. The van der Waals surface area contributed by atoms with Gasteiger partial charge < -0.3 is 9.64 Å². The Balaban J connectivity index is 1.98. The van der Waals surface area contributed by atoms with Crippen molar-refractivity contribution in [1.82, 2.24) is 0 Å². The minimum absolute atomic E-state index is 0.149. The zero-order chi connectivity index (χ0) is 25.4. The Morgan fingerprint density at radius 2 is 1.29 bits per heavy atom. The predicted molar refractivity (Wildman–Crippen MR) is 154 cm³/mol. The summed E-state index contributed by atoms with van der Waals surface area (Å²) in [6, 6.07) is 8.01. The smallest absolute Gasteiger partial charge is 0.310 e. The number of unbranched alkanes of at least 4 members (excludes halogenated alkanes) is 12. The van der Waals surface area contributed by atoms with E-state index >= 15 is 0 Å². The zero-order valence-electron chi connectivity index (χ0n) is 22.1. The van der Waals surface area contributed by atoms with E-state index in [9.17, 15) is 4.79 Å². The Bertz CT molecular complexity index is 642. The first kappa shape index (κ1) is 31.8. The summed E-state index contributed by atoms with van der Waals surface area (Å²) in [5, 5.41) is 0. The topological polar surface area (TPSA) is 29.5 Å². The van der Waals surface area contributed by atoms with Gasteiger partial charge in [-0.1, -0.05) is 89.0 Å². The highest BCUT2D eigenvalue weighted by Gasteiger charge is 2.08. The highest BCUT2D eigenvalue weighted by atomic mass is 35.5. The van der Waals surface area contributed by atoms with E-state index in [1.165, 1.54) is 77.0 Å². The first-order valence-electron chi connectivity index (χ1n) is 14.0. The molecule has 0 unspecified atom stereocenters. The number of alkyl halides is 2. The maximum absolute atomic E-state index is 12.1. The lowest BCUT2D eigenvalue weighted by Crippen LogP contribution is -2.27. The van der Waals surface area contributed by atoms with Gasteiger partial charge in [0.15, 0.2) is 0 Å². The minimum atomic E-state index is -0.149. The number of allylic oxidation sites excluding steroid dienone is 2. The average Bonchev–Trinajstić information content (AvgIpc) is 2.86. The van der Waals surface area contributed by atoms with Crippen LogP contribution in [0.5, 0.6) is 0 Å². The number of hydrogen-bond acceptors (Lipinski definition) is 3. The second-order valence-electron chi connectivity index (χ2n) is 9.37. The summed E-state index contributed by atoms with van der Waals surface area (Å²) in [7, 11) is 0. The molecule has 0 fully saturated rings. The minimum Gasteiger partial charge on any atom is -0.465 e. The van der Waals surface area contributed by atoms with E-state index in [-0.39, 0.29) is 5.97 Å². The van der Waals surface area contributed by atoms with E-state index in [1.54, 1.807) is 0 Å². The molecule has 0 atom stereocenters. The molecule has 0 aliphatic carbocycles. The van der Waals surface area contributed by atoms with Crippen LogP contribution in [0.2, 0.25) is 0 Å². The molecule has 35 heavy (non-hydrogen) atoms. The van der Waals surface area contributed by atoms with E-state index < -0.39 is 0 Å². The summed E-state index contributed by atoms with van der Waals surface area (Å²) in [6.07, 6.45) is 22.9. The van der Waals surface area contributed by atoms with Gasteiger partial charge in [0.05, 0.1) is 13.0 Å². The van der Waals surface area contributed by atoms with Crippen LogP contribution in [0.4, 0.5) is 5.69 Å². The number of carbonyl (C=O) groups excluding carboxylic acids is 1. The van der Waals surface area contributed by atoms with E-state index in [4.69, 9.17) is 27.9 Å². The predicted octanol–water partition coefficient (Wildman–Crippen LogP) is 9.09. The fourth-order valence-electron chi connectivity index (χ4n) is 4.15. The molecule has 200 valence electrons. The fraction of sp³-hybridized carbons (Fsp3) is 0.700. The zero-order valence-corrected chi connectivity index (χ0v) is 23.6. The second kappa shape index (κ2) is 23.2. The van der Waals surface area contributed by atoms with Crippen molar-refractivity contribution in [2.24, 2.45) is 0 Å². The van der Waals surface area contributed by atoms with E-state index in [0.29, 0.717) is 24.8 Å². The van der Waals surface area contributed by atoms with Gasteiger partial charge in [0, 0.05) is 30.5 Å².